The normalized spacial score (nSPS) is 17.8. The second kappa shape index (κ2) is 4.24. The highest BCUT2D eigenvalue weighted by molar-refractivity contribution is 5.57. The lowest BCUT2D eigenvalue weighted by Crippen LogP contribution is -2.13. The van der Waals surface area contributed by atoms with Gasteiger partial charge in [-0.3, -0.25) is 4.68 Å². The highest BCUT2D eigenvalue weighted by atomic mass is 15.3. The topological polar surface area (TPSA) is 29.9 Å². The van der Waals surface area contributed by atoms with Crippen LogP contribution in [-0.2, 0) is 13.0 Å². The average molecular weight is 227 g/mol. The molecule has 0 spiro atoms. The van der Waals surface area contributed by atoms with Crippen molar-refractivity contribution in [2.75, 3.05) is 5.32 Å². The van der Waals surface area contributed by atoms with Crippen molar-refractivity contribution >= 4 is 5.69 Å². The molecule has 1 N–H and O–H groups in total. The van der Waals surface area contributed by atoms with Crippen LogP contribution in [-0.4, -0.2) is 9.78 Å². The molecule has 2 aromatic rings. The fourth-order valence-corrected chi connectivity index (χ4v) is 2.51. The number of anilines is 1. The minimum Gasteiger partial charge on any atom is -0.376 e. The Morgan fingerprint density at radius 3 is 3.06 bits per heavy atom. The van der Waals surface area contributed by atoms with Crippen molar-refractivity contribution in [2.45, 2.75) is 32.4 Å². The summed E-state index contributed by atoms with van der Waals surface area (Å²) < 4.78 is 2.11. The van der Waals surface area contributed by atoms with Gasteiger partial charge in [-0.05, 0) is 24.1 Å². The van der Waals surface area contributed by atoms with Crippen LogP contribution in [0.4, 0.5) is 5.69 Å². The summed E-state index contributed by atoms with van der Waals surface area (Å²) in [6, 6.07) is 11.0. The lowest BCUT2D eigenvalue weighted by atomic mass is 10.1. The van der Waals surface area contributed by atoms with Gasteiger partial charge in [0.05, 0.1) is 11.7 Å². The number of aryl methyl sites for hydroxylation is 1. The first kappa shape index (κ1) is 10.4. The number of aromatic nitrogens is 2. The quantitative estimate of drug-likeness (QED) is 0.873. The molecule has 3 rings (SSSR count). The van der Waals surface area contributed by atoms with Gasteiger partial charge in [-0.2, -0.15) is 5.10 Å². The van der Waals surface area contributed by atoms with Crippen LogP contribution in [0.2, 0.25) is 0 Å². The van der Waals surface area contributed by atoms with Crippen molar-refractivity contribution in [3.8, 4) is 0 Å². The average Bonchev–Trinajstić information content (AvgIpc) is 2.94. The summed E-state index contributed by atoms with van der Waals surface area (Å²) in [5, 5.41) is 7.96. The maximum absolute atomic E-state index is 4.39. The lowest BCUT2D eigenvalue weighted by molar-refractivity contribution is 0.555. The van der Waals surface area contributed by atoms with E-state index < -0.39 is 0 Å². The molecule has 1 aromatic carbocycles. The minimum atomic E-state index is 0.376. The summed E-state index contributed by atoms with van der Waals surface area (Å²) in [7, 11) is 0. The lowest BCUT2D eigenvalue weighted by Gasteiger charge is -2.13. The van der Waals surface area contributed by atoms with E-state index in [-0.39, 0.29) is 0 Å². The summed E-state index contributed by atoms with van der Waals surface area (Å²) in [5.74, 6) is 0. The Balaban J connectivity index is 1.86. The molecule has 1 aromatic heterocycles. The number of fused-ring (bicyclic) bond motifs is 1. The van der Waals surface area contributed by atoms with Crippen LogP contribution in [0.5, 0.6) is 0 Å². The predicted molar refractivity (Wildman–Crippen MR) is 69.0 cm³/mol. The number of benzene rings is 1. The molecule has 0 bridgehead atoms. The molecule has 0 radical (unpaired) electrons. The van der Waals surface area contributed by atoms with Crippen LogP contribution in [0.1, 0.15) is 30.6 Å². The van der Waals surface area contributed by atoms with Crippen molar-refractivity contribution in [2.24, 2.45) is 0 Å². The van der Waals surface area contributed by atoms with Crippen LogP contribution in [0.25, 0.3) is 0 Å². The van der Waals surface area contributed by atoms with Gasteiger partial charge >= 0.3 is 0 Å². The zero-order valence-corrected chi connectivity index (χ0v) is 10.1. The Morgan fingerprint density at radius 2 is 2.24 bits per heavy atom. The van der Waals surface area contributed by atoms with Crippen LogP contribution >= 0.6 is 0 Å². The standard InChI is InChI=1S/C14H17N3/c1-2-9-17-14(7-8-15-17)13-10-11-5-3-4-6-12(11)16-13/h3-8,13,16H,2,9-10H2,1H3. The number of nitrogens with zero attached hydrogens (tertiary/aromatic N) is 2. The molecule has 1 aliphatic rings. The first-order valence-corrected chi connectivity index (χ1v) is 6.24. The summed E-state index contributed by atoms with van der Waals surface area (Å²) >= 11 is 0. The third kappa shape index (κ3) is 1.82. The van der Waals surface area contributed by atoms with Gasteiger partial charge in [0, 0.05) is 24.8 Å². The first-order valence-electron chi connectivity index (χ1n) is 6.24. The van der Waals surface area contributed by atoms with Gasteiger partial charge < -0.3 is 5.32 Å². The number of para-hydroxylation sites is 1. The molecule has 0 saturated carbocycles. The Labute approximate surface area is 101 Å². The van der Waals surface area contributed by atoms with Crippen molar-refractivity contribution in [3.63, 3.8) is 0 Å². The van der Waals surface area contributed by atoms with E-state index in [1.165, 1.54) is 16.9 Å². The van der Waals surface area contributed by atoms with E-state index in [0.717, 1.165) is 19.4 Å². The number of hydrogen-bond acceptors (Lipinski definition) is 2. The Hall–Kier alpha value is -1.77. The molecule has 1 atom stereocenters. The predicted octanol–water partition coefficient (Wildman–Crippen LogP) is 3.00. The van der Waals surface area contributed by atoms with E-state index in [0.29, 0.717) is 6.04 Å². The first-order chi connectivity index (χ1) is 8.38. The van der Waals surface area contributed by atoms with Gasteiger partial charge in [-0.1, -0.05) is 25.1 Å². The SMILES string of the molecule is CCCn1nccc1C1Cc2ccccc2N1. The summed E-state index contributed by atoms with van der Waals surface area (Å²) in [6.45, 7) is 3.18. The second-order valence-corrected chi connectivity index (χ2v) is 4.54. The van der Waals surface area contributed by atoms with E-state index in [1.54, 1.807) is 0 Å². The molecule has 1 aliphatic heterocycles. The monoisotopic (exact) mass is 227 g/mol. The van der Waals surface area contributed by atoms with Crippen LogP contribution in [0, 0.1) is 0 Å². The molecule has 2 heterocycles. The highest BCUT2D eigenvalue weighted by Gasteiger charge is 2.23. The van der Waals surface area contributed by atoms with E-state index in [4.69, 9.17) is 0 Å². The molecule has 0 aliphatic carbocycles. The zero-order chi connectivity index (χ0) is 11.7. The fraction of sp³-hybridized carbons (Fsp3) is 0.357. The molecule has 88 valence electrons. The van der Waals surface area contributed by atoms with E-state index in [9.17, 15) is 0 Å². The second-order valence-electron chi connectivity index (χ2n) is 4.54. The summed E-state index contributed by atoms with van der Waals surface area (Å²) in [4.78, 5) is 0. The molecule has 0 fully saturated rings. The smallest absolute Gasteiger partial charge is 0.0723 e. The van der Waals surface area contributed by atoms with Crippen molar-refractivity contribution in [3.05, 3.63) is 47.8 Å². The largest absolute Gasteiger partial charge is 0.376 e. The molecular formula is C14H17N3. The fourth-order valence-electron chi connectivity index (χ4n) is 2.51. The third-order valence-corrected chi connectivity index (χ3v) is 3.31. The third-order valence-electron chi connectivity index (χ3n) is 3.31. The molecule has 17 heavy (non-hydrogen) atoms. The maximum atomic E-state index is 4.39. The van der Waals surface area contributed by atoms with Gasteiger partial charge in [-0.15, -0.1) is 0 Å². The van der Waals surface area contributed by atoms with Crippen LogP contribution in [0.15, 0.2) is 36.5 Å². The molecule has 3 nitrogen and oxygen atoms in total. The van der Waals surface area contributed by atoms with E-state index in [1.807, 2.05) is 6.20 Å². The zero-order valence-electron chi connectivity index (χ0n) is 10.1. The van der Waals surface area contributed by atoms with Gasteiger partial charge in [0.25, 0.3) is 0 Å². The van der Waals surface area contributed by atoms with Gasteiger partial charge in [-0.25, -0.2) is 0 Å². The van der Waals surface area contributed by atoms with Crippen LogP contribution < -0.4 is 5.32 Å². The van der Waals surface area contributed by atoms with Crippen LogP contribution in [0.3, 0.4) is 0 Å². The summed E-state index contributed by atoms with van der Waals surface area (Å²) in [5.41, 5.74) is 3.96. The Morgan fingerprint density at radius 1 is 1.35 bits per heavy atom. The minimum absolute atomic E-state index is 0.376. The number of hydrogen-bond donors (Lipinski definition) is 1. The van der Waals surface area contributed by atoms with Gasteiger partial charge in [0.2, 0.25) is 0 Å². The van der Waals surface area contributed by atoms with Crippen molar-refractivity contribution in [1.29, 1.82) is 0 Å². The summed E-state index contributed by atoms with van der Waals surface area (Å²) in [6.07, 6.45) is 4.08. The van der Waals surface area contributed by atoms with E-state index >= 15 is 0 Å². The van der Waals surface area contributed by atoms with Crippen molar-refractivity contribution in [1.82, 2.24) is 9.78 Å². The Kier molecular flexibility index (Phi) is 2.59. The maximum Gasteiger partial charge on any atom is 0.0723 e. The Bertz CT molecular complexity index is 491. The molecule has 1 unspecified atom stereocenters. The van der Waals surface area contributed by atoms with Gasteiger partial charge in [0.15, 0.2) is 0 Å². The molecule has 3 heteroatoms. The van der Waals surface area contributed by atoms with E-state index in [2.05, 4.69) is 52.4 Å². The molecule has 0 amide bonds. The highest BCUT2D eigenvalue weighted by Crippen LogP contribution is 2.33. The molecular weight excluding hydrogens is 210 g/mol. The van der Waals surface area contributed by atoms with Gasteiger partial charge in [0.1, 0.15) is 0 Å². The number of rotatable bonds is 3. The van der Waals surface area contributed by atoms with Crippen molar-refractivity contribution < 1.29 is 0 Å². The molecule has 0 saturated heterocycles. The number of nitrogens with one attached hydrogen (secondary N) is 1.